The molecular formula is C39H24N2. The molecule has 0 amide bonds. The van der Waals surface area contributed by atoms with Gasteiger partial charge >= 0.3 is 0 Å². The van der Waals surface area contributed by atoms with Crippen LogP contribution in [0.4, 0.5) is 0 Å². The summed E-state index contributed by atoms with van der Waals surface area (Å²) in [4.78, 5) is 5.37. The molecule has 0 saturated heterocycles. The second-order valence-electron chi connectivity index (χ2n) is 10.8. The summed E-state index contributed by atoms with van der Waals surface area (Å²) in [6.07, 6.45) is 0. The first-order valence-electron chi connectivity index (χ1n) is 14.1. The summed E-state index contributed by atoms with van der Waals surface area (Å²) in [5, 5.41) is 9.65. The summed E-state index contributed by atoms with van der Waals surface area (Å²) < 4.78 is 2.37. The van der Waals surface area contributed by atoms with Crippen LogP contribution in [0.3, 0.4) is 0 Å². The molecule has 0 unspecified atom stereocenters. The van der Waals surface area contributed by atoms with Crippen molar-refractivity contribution in [3.8, 4) is 16.8 Å². The molecule has 0 fully saturated rings. The minimum Gasteiger partial charge on any atom is -0.309 e. The van der Waals surface area contributed by atoms with Gasteiger partial charge in [0.25, 0.3) is 0 Å². The fraction of sp³-hybridized carbons (Fsp3) is 0. The minimum atomic E-state index is 1.05. The molecule has 2 heterocycles. The van der Waals surface area contributed by atoms with Gasteiger partial charge in [0.15, 0.2) is 0 Å². The highest BCUT2D eigenvalue weighted by Gasteiger charge is 2.18. The molecule has 2 nitrogen and oxygen atoms in total. The van der Waals surface area contributed by atoms with Crippen LogP contribution in [-0.4, -0.2) is 9.55 Å². The molecule has 0 aliphatic carbocycles. The maximum Gasteiger partial charge on any atom is 0.0794 e. The van der Waals surface area contributed by atoms with Gasteiger partial charge in [-0.25, -0.2) is 4.98 Å². The Morgan fingerprint density at radius 1 is 0.390 bits per heavy atom. The van der Waals surface area contributed by atoms with Gasteiger partial charge in [0.2, 0.25) is 0 Å². The third-order valence-corrected chi connectivity index (χ3v) is 8.54. The predicted molar refractivity (Wildman–Crippen MR) is 174 cm³/mol. The van der Waals surface area contributed by atoms with Crippen molar-refractivity contribution >= 4 is 65.2 Å². The lowest BCUT2D eigenvalue weighted by Gasteiger charge is -2.15. The van der Waals surface area contributed by atoms with E-state index in [1.807, 2.05) is 0 Å². The first kappa shape index (κ1) is 22.4. The molecule has 0 atom stereocenters. The molecule has 190 valence electrons. The van der Waals surface area contributed by atoms with E-state index >= 15 is 0 Å². The number of benzene rings is 7. The highest BCUT2D eigenvalue weighted by atomic mass is 15.0. The monoisotopic (exact) mass is 520 g/mol. The highest BCUT2D eigenvalue weighted by Crippen LogP contribution is 2.42. The SMILES string of the molecule is c1ccc(-n2c3ccccc3c3cc(-c4c5ccc6ccccc6c5nc5c4ccc4ccccc45)ccc32)cc1. The average molecular weight is 521 g/mol. The van der Waals surface area contributed by atoms with Crippen molar-refractivity contribution in [3.63, 3.8) is 0 Å². The molecule has 0 radical (unpaired) electrons. The van der Waals surface area contributed by atoms with E-state index in [4.69, 9.17) is 4.98 Å². The first-order chi connectivity index (χ1) is 20.3. The van der Waals surface area contributed by atoms with Crippen LogP contribution in [0.25, 0.3) is 82.0 Å². The van der Waals surface area contributed by atoms with Gasteiger partial charge in [-0.1, -0.05) is 115 Å². The zero-order chi connectivity index (χ0) is 26.9. The van der Waals surface area contributed by atoms with Gasteiger partial charge < -0.3 is 4.57 Å². The Labute approximate surface area is 236 Å². The van der Waals surface area contributed by atoms with Crippen LogP contribution in [-0.2, 0) is 0 Å². The number of aromatic nitrogens is 2. The van der Waals surface area contributed by atoms with Gasteiger partial charge in [-0.3, -0.25) is 0 Å². The lowest BCUT2D eigenvalue weighted by Crippen LogP contribution is -1.93. The Balaban J connectivity index is 1.44. The molecular weight excluding hydrogens is 496 g/mol. The topological polar surface area (TPSA) is 17.8 Å². The van der Waals surface area contributed by atoms with Crippen molar-refractivity contribution in [1.29, 1.82) is 0 Å². The normalized spacial score (nSPS) is 11.9. The number of hydrogen-bond donors (Lipinski definition) is 0. The van der Waals surface area contributed by atoms with Crippen LogP contribution < -0.4 is 0 Å². The Morgan fingerprint density at radius 2 is 0.951 bits per heavy atom. The second-order valence-corrected chi connectivity index (χ2v) is 10.8. The molecule has 7 aromatic carbocycles. The van der Waals surface area contributed by atoms with E-state index in [0.717, 1.165) is 11.0 Å². The highest BCUT2D eigenvalue weighted by molar-refractivity contribution is 6.22. The lowest BCUT2D eigenvalue weighted by molar-refractivity contribution is 1.18. The van der Waals surface area contributed by atoms with Crippen LogP contribution in [0.2, 0.25) is 0 Å². The van der Waals surface area contributed by atoms with E-state index < -0.39 is 0 Å². The van der Waals surface area contributed by atoms with Crippen LogP contribution in [0.15, 0.2) is 146 Å². The predicted octanol–water partition coefficient (Wildman–Crippen LogP) is 10.5. The van der Waals surface area contributed by atoms with Gasteiger partial charge in [0.1, 0.15) is 0 Å². The molecule has 0 spiro atoms. The van der Waals surface area contributed by atoms with Gasteiger partial charge in [-0.2, -0.15) is 0 Å². The van der Waals surface area contributed by atoms with Crippen molar-refractivity contribution < 1.29 is 0 Å². The van der Waals surface area contributed by atoms with Gasteiger partial charge in [-0.15, -0.1) is 0 Å². The van der Waals surface area contributed by atoms with Crippen molar-refractivity contribution in [2.24, 2.45) is 0 Å². The summed E-state index contributed by atoms with van der Waals surface area (Å²) in [5.41, 5.74) is 8.13. The molecule has 0 saturated carbocycles. The Bertz CT molecular complexity index is 2370. The average Bonchev–Trinajstić information content (AvgIpc) is 3.37. The maximum absolute atomic E-state index is 5.37. The molecule has 41 heavy (non-hydrogen) atoms. The summed E-state index contributed by atoms with van der Waals surface area (Å²) in [5.74, 6) is 0. The summed E-state index contributed by atoms with van der Waals surface area (Å²) in [7, 11) is 0. The van der Waals surface area contributed by atoms with Gasteiger partial charge in [-0.05, 0) is 46.7 Å². The fourth-order valence-electron chi connectivity index (χ4n) is 6.71. The van der Waals surface area contributed by atoms with Crippen molar-refractivity contribution in [2.75, 3.05) is 0 Å². The Morgan fingerprint density at radius 3 is 1.63 bits per heavy atom. The molecule has 9 aromatic rings. The standard InChI is InChI=1S/C39H24N2/c1-2-12-28(13-3-1)41-35-17-9-8-16-31(35)34-24-27(20-23-36(34)41)37-32-21-18-25-10-4-6-14-29(25)38(32)40-39-30-15-7-5-11-26(30)19-22-33(37)39/h1-24H. The quantitative estimate of drug-likeness (QED) is 0.164. The molecule has 2 heteroatoms. The van der Waals surface area contributed by atoms with E-state index in [9.17, 15) is 0 Å². The smallest absolute Gasteiger partial charge is 0.0794 e. The largest absolute Gasteiger partial charge is 0.309 e. The fourth-order valence-corrected chi connectivity index (χ4v) is 6.71. The number of nitrogens with zero attached hydrogens (tertiary/aromatic N) is 2. The number of para-hydroxylation sites is 2. The van der Waals surface area contributed by atoms with Crippen LogP contribution in [0.1, 0.15) is 0 Å². The van der Waals surface area contributed by atoms with Crippen molar-refractivity contribution in [1.82, 2.24) is 9.55 Å². The summed E-state index contributed by atoms with van der Waals surface area (Å²) in [6, 6.07) is 52.5. The molecule has 0 aliphatic heterocycles. The summed E-state index contributed by atoms with van der Waals surface area (Å²) in [6.45, 7) is 0. The molecule has 0 aliphatic rings. The third kappa shape index (κ3) is 3.22. The Kier molecular flexibility index (Phi) is 4.64. The number of pyridine rings is 1. The van der Waals surface area contributed by atoms with Crippen LogP contribution >= 0.6 is 0 Å². The van der Waals surface area contributed by atoms with Crippen molar-refractivity contribution in [2.45, 2.75) is 0 Å². The minimum absolute atomic E-state index is 1.05. The van der Waals surface area contributed by atoms with E-state index in [1.165, 1.54) is 70.9 Å². The zero-order valence-electron chi connectivity index (χ0n) is 22.3. The zero-order valence-corrected chi connectivity index (χ0v) is 22.3. The van der Waals surface area contributed by atoms with Crippen LogP contribution in [0, 0.1) is 0 Å². The second kappa shape index (κ2) is 8.51. The van der Waals surface area contributed by atoms with Crippen molar-refractivity contribution in [3.05, 3.63) is 146 Å². The molecule has 0 N–H and O–H groups in total. The maximum atomic E-state index is 5.37. The van der Waals surface area contributed by atoms with Gasteiger partial charge in [0.05, 0.1) is 22.1 Å². The van der Waals surface area contributed by atoms with Crippen LogP contribution in [0.5, 0.6) is 0 Å². The van der Waals surface area contributed by atoms with E-state index in [1.54, 1.807) is 0 Å². The van der Waals surface area contributed by atoms with Gasteiger partial charge in [0, 0.05) is 43.6 Å². The molecule has 9 rings (SSSR count). The first-order valence-corrected chi connectivity index (χ1v) is 14.1. The Hall–Kier alpha value is -5.47. The number of hydrogen-bond acceptors (Lipinski definition) is 1. The van der Waals surface area contributed by atoms with E-state index in [0.29, 0.717) is 0 Å². The van der Waals surface area contributed by atoms with E-state index in [-0.39, 0.29) is 0 Å². The summed E-state index contributed by atoms with van der Waals surface area (Å²) >= 11 is 0. The third-order valence-electron chi connectivity index (χ3n) is 8.54. The lowest BCUT2D eigenvalue weighted by atomic mass is 9.92. The number of fused-ring (bicyclic) bond motifs is 9. The van der Waals surface area contributed by atoms with E-state index in [2.05, 4.69) is 150 Å². The molecule has 2 aromatic heterocycles. The number of rotatable bonds is 2. The molecule has 0 bridgehead atoms.